The summed E-state index contributed by atoms with van der Waals surface area (Å²) in [6, 6.07) is 4.23. The highest BCUT2D eigenvalue weighted by Gasteiger charge is 2.39. The zero-order chi connectivity index (χ0) is 11.0. The summed E-state index contributed by atoms with van der Waals surface area (Å²) in [4.78, 5) is 11.6. The SMILES string of the molecule is CC1CC1C(=O)Nc1ccc(F)cc1Br. The zero-order valence-electron chi connectivity index (χ0n) is 8.26. The topological polar surface area (TPSA) is 29.1 Å². The molecule has 0 radical (unpaired) electrons. The largest absolute Gasteiger partial charge is 0.325 e. The standard InChI is InChI=1S/C11H11BrFNO/c1-6-4-8(6)11(15)14-10-3-2-7(13)5-9(10)12/h2-3,5-6,8H,4H2,1H3,(H,14,15). The molecular formula is C11H11BrFNO. The van der Waals surface area contributed by atoms with Crippen LogP contribution in [-0.2, 0) is 4.79 Å². The number of benzene rings is 1. The third-order valence-corrected chi connectivity index (χ3v) is 3.29. The first-order valence-corrected chi connectivity index (χ1v) is 5.63. The first-order valence-electron chi connectivity index (χ1n) is 4.84. The van der Waals surface area contributed by atoms with Crippen LogP contribution in [0.2, 0.25) is 0 Å². The monoisotopic (exact) mass is 271 g/mol. The molecule has 0 aromatic heterocycles. The Balaban J connectivity index is 2.07. The highest BCUT2D eigenvalue weighted by atomic mass is 79.9. The van der Waals surface area contributed by atoms with Crippen molar-refractivity contribution in [3.63, 3.8) is 0 Å². The van der Waals surface area contributed by atoms with Gasteiger partial charge in [0.05, 0.1) is 5.69 Å². The molecule has 0 bridgehead atoms. The summed E-state index contributed by atoms with van der Waals surface area (Å²) >= 11 is 3.21. The summed E-state index contributed by atoms with van der Waals surface area (Å²) < 4.78 is 13.3. The molecule has 80 valence electrons. The van der Waals surface area contributed by atoms with Gasteiger partial charge in [-0.2, -0.15) is 0 Å². The van der Waals surface area contributed by atoms with E-state index in [-0.39, 0.29) is 17.6 Å². The van der Waals surface area contributed by atoms with Crippen LogP contribution in [0.4, 0.5) is 10.1 Å². The summed E-state index contributed by atoms with van der Waals surface area (Å²) in [5.41, 5.74) is 0.625. The maximum atomic E-state index is 12.8. The van der Waals surface area contributed by atoms with E-state index in [0.717, 1.165) is 6.42 Å². The van der Waals surface area contributed by atoms with E-state index in [0.29, 0.717) is 16.1 Å². The number of amides is 1. The minimum atomic E-state index is -0.320. The highest BCUT2D eigenvalue weighted by Crippen LogP contribution is 2.38. The van der Waals surface area contributed by atoms with Crippen molar-refractivity contribution in [2.24, 2.45) is 11.8 Å². The quantitative estimate of drug-likeness (QED) is 0.880. The van der Waals surface area contributed by atoms with E-state index in [9.17, 15) is 9.18 Å². The normalized spacial score (nSPS) is 23.7. The fourth-order valence-corrected chi connectivity index (χ4v) is 1.95. The molecule has 0 aliphatic heterocycles. The van der Waals surface area contributed by atoms with Gasteiger partial charge in [-0.25, -0.2) is 4.39 Å². The van der Waals surface area contributed by atoms with Crippen LogP contribution < -0.4 is 5.32 Å². The predicted octanol–water partition coefficient (Wildman–Crippen LogP) is 3.18. The van der Waals surface area contributed by atoms with Gasteiger partial charge in [0.2, 0.25) is 5.91 Å². The lowest BCUT2D eigenvalue weighted by Gasteiger charge is -2.06. The molecule has 1 N–H and O–H groups in total. The number of halogens is 2. The molecular weight excluding hydrogens is 261 g/mol. The van der Waals surface area contributed by atoms with Gasteiger partial charge in [-0.1, -0.05) is 6.92 Å². The van der Waals surface area contributed by atoms with E-state index in [2.05, 4.69) is 21.2 Å². The number of carbonyl (C=O) groups is 1. The second-order valence-electron chi connectivity index (χ2n) is 3.93. The van der Waals surface area contributed by atoms with Gasteiger partial charge in [-0.3, -0.25) is 4.79 Å². The molecule has 4 heteroatoms. The van der Waals surface area contributed by atoms with Gasteiger partial charge in [-0.15, -0.1) is 0 Å². The maximum absolute atomic E-state index is 12.8. The van der Waals surface area contributed by atoms with Crippen LogP contribution in [0, 0.1) is 17.7 Å². The Morgan fingerprint density at radius 2 is 2.27 bits per heavy atom. The van der Waals surface area contributed by atoms with Crippen molar-refractivity contribution in [2.75, 3.05) is 5.32 Å². The Bertz CT molecular complexity index is 408. The predicted molar refractivity (Wildman–Crippen MR) is 60.0 cm³/mol. The van der Waals surface area contributed by atoms with Crippen molar-refractivity contribution in [1.82, 2.24) is 0 Å². The average Bonchev–Trinajstić information content (AvgIpc) is 2.88. The number of carbonyl (C=O) groups excluding carboxylic acids is 1. The molecule has 1 fully saturated rings. The van der Waals surface area contributed by atoms with Gasteiger partial charge in [0.25, 0.3) is 0 Å². The minimum Gasteiger partial charge on any atom is -0.325 e. The van der Waals surface area contributed by atoms with Gasteiger partial charge in [0, 0.05) is 10.4 Å². The molecule has 2 rings (SSSR count). The second kappa shape index (κ2) is 3.93. The molecule has 2 nitrogen and oxygen atoms in total. The van der Waals surface area contributed by atoms with E-state index >= 15 is 0 Å². The number of hydrogen-bond donors (Lipinski definition) is 1. The van der Waals surface area contributed by atoms with Crippen LogP contribution in [0.25, 0.3) is 0 Å². The molecule has 1 amide bonds. The third-order valence-electron chi connectivity index (χ3n) is 2.64. The van der Waals surface area contributed by atoms with Gasteiger partial charge >= 0.3 is 0 Å². The molecule has 2 atom stereocenters. The van der Waals surface area contributed by atoms with Crippen molar-refractivity contribution in [2.45, 2.75) is 13.3 Å². The molecule has 2 unspecified atom stereocenters. The van der Waals surface area contributed by atoms with Crippen LogP contribution in [0.3, 0.4) is 0 Å². The molecule has 1 aliphatic rings. The molecule has 1 aromatic carbocycles. The molecule has 1 aliphatic carbocycles. The smallest absolute Gasteiger partial charge is 0.227 e. The minimum absolute atomic E-state index is 0.0230. The Hall–Kier alpha value is -0.900. The Labute approximate surface area is 96.0 Å². The summed E-state index contributed by atoms with van der Waals surface area (Å²) in [5.74, 6) is 0.306. The zero-order valence-corrected chi connectivity index (χ0v) is 9.84. The molecule has 0 spiro atoms. The van der Waals surface area contributed by atoms with E-state index < -0.39 is 0 Å². The van der Waals surface area contributed by atoms with Crippen LogP contribution in [0.15, 0.2) is 22.7 Å². The van der Waals surface area contributed by atoms with Gasteiger partial charge in [0.15, 0.2) is 0 Å². The molecule has 0 saturated heterocycles. The van der Waals surface area contributed by atoms with E-state index in [1.165, 1.54) is 12.1 Å². The fourth-order valence-electron chi connectivity index (χ4n) is 1.50. The maximum Gasteiger partial charge on any atom is 0.227 e. The molecule has 0 heterocycles. The Morgan fingerprint density at radius 1 is 1.60 bits per heavy atom. The number of hydrogen-bond acceptors (Lipinski definition) is 1. The van der Waals surface area contributed by atoms with Crippen LogP contribution in [-0.4, -0.2) is 5.91 Å². The fraction of sp³-hybridized carbons (Fsp3) is 0.364. The third kappa shape index (κ3) is 2.37. The first-order chi connectivity index (χ1) is 7.08. The van der Waals surface area contributed by atoms with E-state index in [1.54, 1.807) is 6.07 Å². The van der Waals surface area contributed by atoms with Crippen molar-refractivity contribution in [1.29, 1.82) is 0 Å². The van der Waals surface area contributed by atoms with E-state index in [4.69, 9.17) is 0 Å². The Morgan fingerprint density at radius 3 is 2.80 bits per heavy atom. The summed E-state index contributed by atoms with van der Waals surface area (Å²) in [6.45, 7) is 2.05. The van der Waals surface area contributed by atoms with Crippen LogP contribution in [0.5, 0.6) is 0 Å². The number of rotatable bonds is 2. The molecule has 15 heavy (non-hydrogen) atoms. The van der Waals surface area contributed by atoms with Crippen LogP contribution >= 0.6 is 15.9 Å². The molecule has 1 saturated carbocycles. The lowest BCUT2D eigenvalue weighted by molar-refractivity contribution is -0.117. The summed E-state index contributed by atoms with van der Waals surface area (Å²) in [5, 5.41) is 2.78. The van der Waals surface area contributed by atoms with Crippen molar-refractivity contribution in [3.8, 4) is 0 Å². The van der Waals surface area contributed by atoms with Crippen molar-refractivity contribution < 1.29 is 9.18 Å². The van der Waals surface area contributed by atoms with Crippen molar-refractivity contribution in [3.05, 3.63) is 28.5 Å². The van der Waals surface area contributed by atoms with Gasteiger partial charge in [-0.05, 0) is 46.5 Å². The molecule has 1 aromatic rings. The summed E-state index contributed by atoms with van der Waals surface area (Å²) in [6.07, 6.45) is 0.949. The first kappa shape index (κ1) is 10.6. The number of nitrogens with one attached hydrogen (secondary N) is 1. The van der Waals surface area contributed by atoms with Crippen LogP contribution in [0.1, 0.15) is 13.3 Å². The lowest BCUT2D eigenvalue weighted by atomic mass is 10.2. The highest BCUT2D eigenvalue weighted by molar-refractivity contribution is 9.10. The Kier molecular flexibility index (Phi) is 2.78. The van der Waals surface area contributed by atoms with Crippen molar-refractivity contribution >= 4 is 27.5 Å². The second-order valence-corrected chi connectivity index (χ2v) is 4.79. The van der Waals surface area contributed by atoms with Gasteiger partial charge in [0.1, 0.15) is 5.82 Å². The number of anilines is 1. The van der Waals surface area contributed by atoms with Gasteiger partial charge < -0.3 is 5.32 Å². The summed E-state index contributed by atoms with van der Waals surface area (Å²) in [7, 11) is 0. The van der Waals surface area contributed by atoms with E-state index in [1.807, 2.05) is 6.92 Å². The average molecular weight is 272 g/mol. The lowest BCUT2D eigenvalue weighted by Crippen LogP contribution is -2.14.